The van der Waals surface area contributed by atoms with Crippen molar-refractivity contribution in [2.75, 3.05) is 4.31 Å². The van der Waals surface area contributed by atoms with Gasteiger partial charge in [0.15, 0.2) is 0 Å². The number of benzene rings is 2. The third-order valence-electron chi connectivity index (χ3n) is 3.71. The van der Waals surface area contributed by atoms with Crippen molar-refractivity contribution in [3.05, 3.63) is 64.4 Å². The number of alkyl halides is 3. The van der Waals surface area contributed by atoms with Crippen LogP contribution in [0.15, 0.2) is 42.5 Å². The van der Waals surface area contributed by atoms with E-state index in [1.165, 1.54) is 0 Å². The molecule has 0 aliphatic rings. The van der Waals surface area contributed by atoms with Crippen molar-refractivity contribution in [2.24, 2.45) is 5.14 Å². The molecule has 144 valence electrons. The minimum Gasteiger partial charge on any atom is -0.243 e. The summed E-state index contributed by atoms with van der Waals surface area (Å²) < 4.78 is 77.7. The minimum atomic E-state index is -4.91. The fourth-order valence-corrected chi connectivity index (χ4v) is 5.06. The van der Waals surface area contributed by atoms with Crippen LogP contribution in [0.4, 0.5) is 22.6 Å². The smallest absolute Gasteiger partial charge is 0.243 e. The number of nitrogens with zero attached hydrogens (tertiary/aromatic N) is 1. The Hall–Kier alpha value is -1.88. The lowest BCUT2D eigenvalue weighted by Crippen LogP contribution is -2.36. The second kappa shape index (κ2) is 6.93. The van der Waals surface area contributed by atoms with Crippen LogP contribution in [0.1, 0.15) is 11.1 Å². The van der Waals surface area contributed by atoms with Gasteiger partial charge in [-0.3, -0.25) is 0 Å². The highest BCUT2D eigenvalue weighted by Gasteiger charge is 2.34. The summed E-state index contributed by atoms with van der Waals surface area (Å²) in [6, 6.07) is 9.08. The maximum Gasteiger partial charge on any atom is 0.419 e. The van der Waals surface area contributed by atoms with E-state index in [0.717, 1.165) is 17.4 Å². The lowest BCUT2D eigenvalue weighted by Gasteiger charge is -2.21. The molecular formula is C16H11ClF4N2O2S2. The maximum atomic E-state index is 13.5. The fraction of sp³-hybridized carbons (Fsp3) is 0.125. The molecule has 2 N–H and O–H groups in total. The highest BCUT2D eigenvalue weighted by Crippen LogP contribution is 2.43. The highest BCUT2D eigenvalue weighted by molar-refractivity contribution is 7.90. The van der Waals surface area contributed by atoms with E-state index in [1.54, 1.807) is 24.3 Å². The average Bonchev–Trinajstić information content (AvgIpc) is 2.89. The molecule has 0 saturated carbocycles. The number of nitrogens with two attached hydrogens (primary N) is 1. The molecule has 4 nitrogen and oxygen atoms in total. The number of hydrogen-bond acceptors (Lipinski definition) is 3. The average molecular weight is 439 g/mol. The van der Waals surface area contributed by atoms with E-state index < -0.39 is 34.3 Å². The summed E-state index contributed by atoms with van der Waals surface area (Å²) >= 11 is 7.29. The third kappa shape index (κ3) is 4.03. The molecule has 0 aliphatic heterocycles. The van der Waals surface area contributed by atoms with Crippen LogP contribution < -0.4 is 9.44 Å². The van der Waals surface area contributed by atoms with E-state index >= 15 is 0 Å². The SMILES string of the molecule is NS(=O)(=O)N(Cc1ccc(F)c(C(F)(F)F)c1)c1sc2ccccc2c1Cl. The molecule has 1 aromatic heterocycles. The number of thiophene rings is 1. The molecule has 11 heteroatoms. The summed E-state index contributed by atoms with van der Waals surface area (Å²) in [5, 5.41) is 6.02. The van der Waals surface area contributed by atoms with Gasteiger partial charge in [0.25, 0.3) is 10.2 Å². The topological polar surface area (TPSA) is 63.4 Å². The van der Waals surface area contributed by atoms with Crippen LogP contribution in [0.3, 0.4) is 0 Å². The van der Waals surface area contributed by atoms with Crippen LogP contribution in [0.5, 0.6) is 0 Å². The molecule has 0 unspecified atom stereocenters. The van der Waals surface area contributed by atoms with Crippen LogP contribution in [-0.4, -0.2) is 8.42 Å². The van der Waals surface area contributed by atoms with Gasteiger partial charge in [-0.1, -0.05) is 35.9 Å². The zero-order valence-corrected chi connectivity index (χ0v) is 15.7. The van der Waals surface area contributed by atoms with Crippen molar-refractivity contribution in [2.45, 2.75) is 12.7 Å². The summed E-state index contributed by atoms with van der Waals surface area (Å²) in [5.41, 5.74) is -1.58. The Morgan fingerprint density at radius 1 is 1.15 bits per heavy atom. The molecule has 0 saturated heterocycles. The van der Waals surface area contributed by atoms with Gasteiger partial charge in [-0.25, -0.2) is 13.8 Å². The van der Waals surface area contributed by atoms with Gasteiger partial charge in [0, 0.05) is 10.1 Å². The van der Waals surface area contributed by atoms with Gasteiger partial charge < -0.3 is 0 Å². The van der Waals surface area contributed by atoms with E-state index in [9.17, 15) is 26.0 Å². The normalized spacial score (nSPS) is 12.5. The molecule has 0 atom stereocenters. The molecule has 2 aromatic carbocycles. The van der Waals surface area contributed by atoms with Crippen molar-refractivity contribution in [1.82, 2.24) is 0 Å². The van der Waals surface area contributed by atoms with Crippen molar-refractivity contribution < 1.29 is 26.0 Å². The number of rotatable bonds is 4. The van der Waals surface area contributed by atoms with Crippen molar-refractivity contribution >= 4 is 48.2 Å². The Bertz CT molecular complexity index is 1110. The van der Waals surface area contributed by atoms with Gasteiger partial charge in [-0.15, -0.1) is 11.3 Å². The van der Waals surface area contributed by atoms with Gasteiger partial charge >= 0.3 is 6.18 Å². The molecule has 0 aliphatic carbocycles. The molecule has 1 heterocycles. The van der Waals surface area contributed by atoms with Crippen molar-refractivity contribution in [3.8, 4) is 0 Å². The predicted octanol–water partition coefficient (Wildman–Crippen LogP) is 4.92. The second-order valence-electron chi connectivity index (χ2n) is 5.58. The molecule has 0 radical (unpaired) electrons. The van der Waals surface area contributed by atoms with Crippen molar-refractivity contribution in [3.63, 3.8) is 0 Å². The van der Waals surface area contributed by atoms with Crippen LogP contribution in [0.25, 0.3) is 10.1 Å². The molecule has 0 amide bonds. The Morgan fingerprint density at radius 2 is 1.81 bits per heavy atom. The first-order chi connectivity index (χ1) is 12.5. The first-order valence-corrected chi connectivity index (χ1v) is 10.0. The molecule has 0 bridgehead atoms. The summed E-state index contributed by atoms with van der Waals surface area (Å²) in [4.78, 5) is 0. The number of fused-ring (bicyclic) bond motifs is 1. The van der Waals surface area contributed by atoms with Gasteiger partial charge in [0.2, 0.25) is 0 Å². The van der Waals surface area contributed by atoms with Crippen LogP contribution in [0.2, 0.25) is 5.02 Å². The third-order valence-corrected chi connectivity index (χ3v) is 6.44. The maximum absolute atomic E-state index is 13.5. The molecular weight excluding hydrogens is 428 g/mol. The number of hydrogen-bond donors (Lipinski definition) is 1. The highest BCUT2D eigenvalue weighted by atomic mass is 35.5. The zero-order chi connectivity index (χ0) is 20.0. The molecule has 0 fully saturated rings. The quantitative estimate of drug-likeness (QED) is 0.587. The first kappa shape index (κ1) is 19.9. The number of anilines is 1. The lowest BCUT2D eigenvalue weighted by molar-refractivity contribution is -0.140. The van der Waals surface area contributed by atoms with E-state index in [1.807, 2.05) is 0 Å². The standard InChI is InChI=1S/C16H11ClF4N2O2S2/c17-14-10-3-1-2-4-13(10)26-15(14)23(27(22,24)25)8-9-5-6-12(18)11(7-9)16(19,20)21/h1-7H,8H2,(H2,22,24,25). The number of halogens is 5. The van der Waals surface area contributed by atoms with E-state index in [2.05, 4.69) is 0 Å². The summed E-state index contributed by atoms with van der Waals surface area (Å²) in [6.45, 7) is -0.533. The Labute approximate surface area is 161 Å². The predicted molar refractivity (Wildman–Crippen MR) is 97.5 cm³/mol. The summed E-state index contributed by atoms with van der Waals surface area (Å²) in [5.74, 6) is -1.45. The molecule has 3 aromatic rings. The Balaban J connectivity index is 2.09. The van der Waals surface area contributed by atoms with E-state index in [-0.39, 0.29) is 15.6 Å². The van der Waals surface area contributed by atoms with Crippen LogP contribution in [0, 0.1) is 5.82 Å². The van der Waals surface area contributed by atoms with Crippen LogP contribution in [-0.2, 0) is 22.9 Å². The molecule has 0 spiro atoms. The van der Waals surface area contributed by atoms with E-state index in [4.69, 9.17) is 16.7 Å². The van der Waals surface area contributed by atoms with Gasteiger partial charge in [-0.2, -0.15) is 21.6 Å². The first-order valence-electron chi connectivity index (χ1n) is 7.31. The van der Waals surface area contributed by atoms with Gasteiger partial charge in [0.1, 0.15) is 10.8 Å². The Kier molecular flexibility index (Phi) is 5.10. The summed E-state index contributed by atoms with van der Waals surface area (Å²) in [7, 11) is -4.36. The fourth-order valence-electron chi connectivity index (χ4n) is 2.49. The van der Waals surface area contributed by atoms with Crippen molar-refractivity contribution in [1.29, 1.82) is 0 Å². The van der Waals surface area contributed by atoms with Crippen LogP contribution >= 0.6 is 22.9 Å². The molecule has 3 rings (SSSR count). The Morgan fingerprint density at radius 3 is 2.41 bits per heavy atom. The largest absolute Gasteiger partial charge is 0.419 e. The van der Waals surface area contributed by atoms with Gasteiger partial charge in [-0.05, 0) is 23.8 Å². The lowest BCUT2D eigenvalue weighted by atomic mass is 10.1. The zero-order valence-electron chi connectivity index (χ0n) is 13.3. The summed E-state index contributed by atoms with van der Waals surface area (Å²) in [6.07, 6.45) is -4.91. The monoisotopic (exact) mass is 438 g/mol. The van der Waals surface area contributed by atoms with Gasteiger partial charge in [0.05, 0.1) is 17.1 Å². The minimum absolute atomic E-state index is 0.0678. The molecule has 27 heavy (non-hydrogen) atoms. The second-order valence-corrected chi connectivity index (χ2v) is 8.46. The van der Waals surface area contributed by atoms with E-state index in [0.29, 0.717) is 26.5 Å².